The van der Waals surface area contributed by atoms with E-state index in [2.05, 4.69) is 61.0 Å². The zero-order valence-corrected chi connectivity index (χ0v) is 23.4. The highest BCUT2D eigenvalue weighted by Crippen LogP contribution is 2.32. The molecule has 0 atom stereocenters. The van der Waals surface area contributed by atoms with Gasteiger partial charge in [0.1, 0.15) is 27.0 Å². The first-order valence-corrected chi connectivity index (χ1v) is 15.6. The average Bonchev–Trinajstić information content (AvgIpc) is 3.58. The number of sulfone groups is 1. The van der Waals surface area contributed by atoms with E-state index in [-0.39, 0.29) is 5.75 Å². The van der Waals surface area contributed by atoms with Crippen molar-refractivity contribution < 1.29 is 8.42 Å². The molecule has 0 radical (unpaired) electrons. The molecule has 2 N–H and O–H groups in total. The number of rotatable bonds is 10. The second-order valence-corrected chi connectivity index (χ2v) is 12.9. The Balaban J connectivity index is 1.21. The summed E-state index contributed by atoms with van der Waals surface area (Å²) in [6.07, 6.45) is 6.53. The predicted octanol–water partition coefficient (Wildman–Crippen LogP) is 5.03. The van der Waals surface area contributed by atoms with Crippen molar-refractivity contribution >= 4 is 54.5 Å². The van der Waals surface area contributed by atoms with E-state index in [9.17, 15) is 8.42 Å². The maximum atomic E-state index is 11.3. The van der Waals surface area contributed by atoms with Crippen molar-refractivity contribution in [2.45, 2.75) is 13.1 Å². The smallest absolute Gasteiger partial charge is 0.148 e. The molecular weight excluding hydrogens is 543 g/mol. The van der Waals surface area contributed by atoms with Crippen molar-refractivity contribution in [2.24, 2.45) is 0 Å². The van der Waals surface area contributed by atoms with E-state index in [0.717, 1.165) is 48.8 Å². The van der Waals surface area contributed by atoms with Crippen LogP contribution in [0.1, 0.15) is 10.6 Å². The Morgan fingerprint density at radius 2 is 1.82 bits per heavy atom. The lowest BCUT2D eigenvalue weighted by atomic mass is 10.1. The van der Waals surface area contributed by atoms with E-state index >= 15 is 0 Å². The van der Waals surface area contributed by atoms with Gasteiger partial charge < -0.3 is 10.6 Å². The number of fused-ring (bicyclic) bond motifs is 2. The first kappa shape index (κ1) is 26.1. The maximum absolute atomic E-state index is 11.3. The minimum Gasteiger partial charge on any atom is -0.340 e. The largest absolute Gasteiger partial charge is 0.340 e. The average molecular weight is 570 g/mol. The number of thiazole rings is 1. The monoisotopic (exact) mass is 569 g/mol. The Morgan fingerprint density at radius 1 is 0.950 bits per heavy atom. The number of aromatic nitrogens is 5. The molecule has 202 valence electrons. The second-order valence-electron chi connectivity index (χ2n) is 9.57. The quantitative estimate of drug-likeness (QED) is 0.221. The van der Waals surface area contributed by atoms with Crippen molar-refractivity contribution in [2.75, 3.05) is 23.9 Å². The highest BCUT2D eigenvalue weighted by Gasteiger charge is 2.11. The van der Waals surface area contributed by atoms with Gasteiger partial charge in [-0.3, -0.25) is 4.68 Å². The molecule has 0 aliphatic rings. The fourth-order valence-corrected chi connectivity index (χ4v) is 5.87. The molecule has 0 aliphatic heterocycles. The van der Waals surface area contributed by atoms with Crippen LogP contribution in [0.15, 0.2) is 85.5 Å². The van der Waals surface area contributed by atoms with Gasteiger partial charge in [0.15, 0.2) is 0 Å². The molecule has 3 aromatic heterocycles. The van der Waals surface area contributed by atoms with Crippen LogP contribution in [0.25, 0.3) is 32.2 Å². The van der Waals surface area contributed by atoms with Crippen LogP contribution in [0, 0.1) is 0 Å². The first-order valence-electron chi connectivity index (χ1n) is 12.8. The van der Waals surface area contributed by atoms with Crippen molar-refractivity contribution in [3.05, 3.63) is 96.0 Å². The molecule has 6 aromatic rings. The van der Waals surface area contributed by atoms with Crippen LogP contribution in [0.5, 0.6) is 0 Å². The fourth-order valence-electron chi connectivity index (χ4n) is 4.47. The molecule has 0 fully saturated rings. The van der Waals surface area contributed by atoms with Gasteiger partial charge in [0.05, 0.1) is 34.4 Å². The van der Waals surface area contributed by atoms with E-state index in [1.54, 1.807) is 17.7 Å². The summed E-state index contributed by atoms with van der Waals surface area (Å²) in [7, 11) is -2.99. The number of anilines is 2. The Bertz CT molecular complexity index is 1900. The van der Waals surface area contributed by atoms with E-state index in [1.807, 2.05) is 53.5 Å². The SMILES string of the molecule is CS(=O)(=O)CCNCc1ncc(-c2ccc3ncnc(Nc4ccc5c(cnn5Cc5ccccc5)c4)c3c2)s1. The van der Waals surface area contributed by atoms with Gasteiger partial charge in [0.25, 0.3) is 0 Å². The normalized spacial score (nSPS) is 11.8. The number of benzene rings is 3. The molecule has 0 unspecified atom stereocenters. The summed E-state index contributed by atoms with van der Waals surface area (Å²) in [5, 5.41) is 14.1. The first-order chi connectivity index (χ1) is 19.4. The third kappa shape index (κ3) is 6.01. The molecule has 40 heavy (non-hydrogen) atoms. The van der Waals surface area contributed by atoms with Gasteiger partial charge in [0, 0.05) is 42.0 Å². The lowest BCUT2D eigenvalue weighted by Crippen LogP contribution is -2.21. The second kappa shape index (κ2) is 11.1. The number of nitrogens with zero attached hydrogens (tertiary/aromatic N) is 5. The molecule has 0 bridgehead atoms. The Morgan fingerprint density at radius 3 is 2.67 bits per heavy atom. The van der Waals surface area contributed by atoms with E-state index in [0.29, 0.717) is 19.6 Å². The van der Waals surface area contributed by atoms with Gasteiger partial charge in [-0.2, -0.15) is 5.10 Å². The summed E-state index contributed by atoms with van der Waals surface area (Å²) in [6, 6.07) is 22.6. The minimum absolute atomic E-state index is 0.106. The molecule has 3 heterocycles. The number of hydrogen-bond acceptors (Lipinski definition) is 9. The van der Waals surface area contributed by atoms with Crippen LogP contribution in [-0.4, -0.2) is 51.7 Å². The van der Waals surface area contributed by atoms with Crippen LogP contribution in [0.3, 0.4) is 0 Å². The van der Waals surface area contributed by atoms with Crippen molar-refractivity contribution in [3.63, 3.8) is 0 Å². The van der Waals surface area contributed by atoms with Crippen LogP contribution in [0.2, 0.25) is 0 Å². The number of hydrogen-bond donors (Lipinski definition) is 2. The van der Waals surface area contributed by atoms with Gasteiger partial charge in [-0.25, -0.2) is 23.4 Å². The Kier molecular flexibility index (Phi) is 7.25. The van der Waals surface area contributed by atoms with E-state index in [4.69, 9.17) is 0 Å². The van der Waals surface area contributed by atoms with Crippen LogP contribution >= 0.6 is 11.3 Å². The summed E-state index contributed by atoms with van der Waals surface area (Å²) in [5.74, 6) is 0.823. The van der Waals surface area contributed by atoms with Gasteiger partial charge in [-0.1, -0.05) is 36.4 Å². The molecule has 6 rings (SSSR count). The predicted molar refractivity (Wildman–Crippen MR) is 161 cm³/mol. The molecule has 9 nitrogen and oxygen atoms in total. The van der Waals surface area contributed by atoms with Crippen LogP contribution in [-0.2, 0) is 22.9 Å². The Labute approximate surface area is 235 Å². The topological polar surface area (TPSA) is 115 Å². The molecule has 0 saturated carbocycles. The minimum atomic E-state index is -2.99. The summed E-state index contributed by atoms with van der Waals surface area (Å²) in [5.41, 5.74) is 5.04. The van der Waals surface area contributed by atoms with Crippen molar-refractivity contribution in [1.82, 2.24) is 30.0 Å². The highest BCUT2D eigenvalue weighted by atomic mass is 32.2. The van der Waals surface area contributed by atoms with E-state index < -0.39 is 9.84 Å². The molecule has 0 spiro atoms. The standard InChI is InChI=1S/C29H27N7O2S2/c1-40(37,38)12-11-30-17-28-31-16-27(39-28)21-7-9-25-24(14-21)29(33-19-32-25)35-23-8-10-26-22(13-23)15-34-36(26)18-20-5-3-2-4-6-20/h2-10,13-16,19,30H,11-12,17-18H2,1H3,(H,32,33,35). The molecule has 11 heteroatoms. The molecule has 0 saturated heterocycles. The molecule has 0 aliphatic carbocycles. The lowest BCUT2D eigenvalue weighted by Gasteiger charge is -2.10. The van der Waals surface area contributed by atoms with Gasteiger partial charge >= 0.3 is 0 Å². The molecular formula is C29H27N7O2S2. The third-order valence-corrected chi connectivity index (χ3v) is 8.47. The zero-order valence-electron chi connectivity index (χ0n) is 21.8. The summed E-state index contributed by atoms with van der Waals surface area (Å²) in [6.45, 7) is 1.64. The summed E-state index contributed by atoms with van der Waals surface area (Å²) >= 11 is 1.57. The van der Waals surface area contributed by atoms with Gasteiger partial charge in [-0.15, -0.1) is 11.3 Å². The van der Waals surface area contributed by atoms with Gasteiger partial charge in [-0.05, 0) is 41.5 Å². The zero-order chi connectivity index (χ0) is 27.5. The highest BCUT2D eigenvalue weighted by molar-refractivity contribution is 7.90. The summed E-state index contributed by atoms with van der Waals surface area (Å²) < 4.78 is 24.7. The van der Waals surface area contributed by atoms with Crippen molar-refractivity contribution in [1.29, 1.82) is 0 Å². The van der Waals surface area contributed by atoms with E-state index in [1.165, 1.54) is 11.8 Å². The lowest BCUT2D eigenvalue weighted by molar-refractivity contribution is 0.596. The fraction of sp³-hybridized carbons (Fsp3) is 0.172. The maximum Gasteiger partial charge on any atom is 0.148 e. The van der Waals surface area contributed by atoms with Crippen LogP contribution < -0.4 is 10.6 Å². The molecule has 0 amide bonds. The van der Waals surface area contributed by atoms with Gasteiger partial charge in [0.2, 0.25) is 0 Å². The summed E-state index contributed by atoms with van der Waals surface area (Å²) in [4.78, 5) is 14.5. The van der Waals surface area contributed by atoms with Crippen molar-refractivity contribution in [3.8, 4) is 10.4 Å². The number of nitrogens with one attached hydrogen (secondary N) is 2. The van der Waals surface area contributed by atoms with Crippen LogP contribution in [0.4, 0.5) is 11.5 Å². The Hall–Kier alpha value is -4.19. The molecule has 3 aromatic carbocycles. The third-order valence-electron chi connectivity index (χ3n) is 6.48.